The normalized spacial score (nSPS) is 12.0. The SMILES string of the molecule is CCNC(=NCCNC(C)(C)C)NCCc1nc(C)c(C)s1.I. The Morgan fingerprint density at radius 2 is 1.87 bits per heavy atom. The molecule has 1 aromatic heterocycles. The van der Waals surface area contributed by atoms with Crippen LogP contribution < -0.4 is 16.0 Å². The number of aromatic nitrogens is 1. The van der Waals surface area contributed by atoms with Crippen molar-refractivity contribution in [3.63, 3.8) is 0 Å². The van der Waals surface area contributed by atoms with Crippen molar-refractivity contribution < 1.29 is 0 Å². The first-order chi connectivity index (χ1) is 10.3. The summed E-state index contributed by atoms with van der Waals surface area (Å²) in [4.78, 5) is 10.5. The molecule has 0 aliphatic heterocycles. The fourth-order valence-corrected chi connectivity index (χ4v) is 2.81. The zero-order valence-corrected chi connectivity index (χ0v) is 18.4. The second-order valence-corrected chi connectivity index (χ2v) is 7.65. The molecule has 0 aromatic carbocycles. The minimum atomic E-state index is 0. The summed E-state index contributed by atoms with van der Waals surface area (Å²) in [6, 6.07) is 0. The average molecular weight is 453 g/mol. The first kappa shape index (κ1) is 22.6. The van der Waals surface area contributed by atoms with Crippen LogP contribution in [0.1, 0.15) is 43.3 Å². The smallest absolute Gasteiger partial charge is 0.191 e. The Balaban J connectivity index is 0.00000484. The standard InChI is InChI=1S/C16H31N5S.HI/c1-7-17-15(19-10-11-20-16(4,5)6)18-9-8-14-21-12(2)13(3)22-14;/h20H,7-11H2,1-6H3,(H2,17,18,19);1H. The number of aliphatic imine (C=N–C) groups is 1. The highest BCUT2D eigenvalue weighted by atomic mass is 127. The fraction of sp³-hybridized carbons (Fsp3) is 0.750. The Morgan fingerprint density at radius 1 is 1.17 bits per heavy atom. The molecule has 0 aliphatic rings. The van der Waals surface area contributed by atoms with E-state index in [1.54, 1.807) is 11.3 Å². The van der Waals surface area contributed by atoms with Gasteiger partial charge in [0.25, 0.3) is 0 Å². The van der Waals surface area contributed by atoms with Crippen molar-refractivity contribution in [1.82, 2.24) is 20.9 Å². The molecule has 0 atom stereocenters. The van der Waals surface area contributed by atoms with E-state index >= 15 is 0 Å². The van der Waals surface area contributed by atoms with E-state index in [9.17, 15) is 0 Å². The van der Waals surface area contributed by atoms with E-state index in [1.165, 1.54) is 9.88 Å². The van der Waals surface area contributed by atoms with Crippen LogP contribution in [0, 0.1) is 13.8 Å². The second-order valence-electron chi connectivity index (χ2n) is 6.36. The van der Waals surface area contributed by atoms with Crippen molar-refractivity contribution in [3.8, 4) is 0 Å². The van der Waals surface area contributed by atoms with E-state index in [4.69, 9.17) is 0 Å². The first-order valence-corrected chi connectivity index (χ1v) is 8.83. The van der Waals surface area contributed by atoms with E-state index in [2.05, 4.69) is 67.5 Å². The summed E-state index contributed by atoms with van der Waals surface area (Å²) in [5.74, 6) is 0.878. The number of rotatable bonds is 7. The van der Waals surface area contributed by atoms with Crippen LogP contribution in [-0.2, 0) is 6.42 Å². The van der Waals surface area contributed by atoms with E-state index < -0.39 is 0 Å². The molecule has 1 heterocycles. The minimum absolute atomic E-state index is 0. The second kappa shape index (κ2) is 11.2. The maximum absolute atomic E-state index is 4.59. The van der Waals surface area contributed by atoms with Gasteiger partial charge in [-0.05, 0) is 41.5 Å². The summed E-state index contributed by atoms with van der Waals surface area (Å²) in [5.41, 5.74) is 1.29. The lowest BCUT2D eigenvalue weighted by atomic mass is 10.1. The quantitative estimate of drug-likeness (QED) is 0.257. The van der Waals surface area contributed by atoms with Crippen LogP contribution in [-0.4, -0.2) is 42.7 Å². The molecule has 0 saturated heterocycles. The minimum Gasteiger partial charge on any atom is -0.357 e. The van der Waals surface area contributed by atoms with Crippen molar-refractivity contribution in [1.29, 1.82) is 0 Å². The van der Waals surface area contributed by atoms with E-state index in [0.717, 1.165) is 44.3 Å². The van der Waals surface area contributed by atoms with Gasteiger partial charge in [0, 0.05) is 36.5 Å². The number of aryl methyl sites for hydroxylation is 2. The van der Waals surface area contributed by atoms with E-state index in [1.807, 2.05) is 0 Å². The topological polar surface area (TPSA) is 61.3 Å². The van der Waals surface area contributed by atoms with Gasteiger partial charge in [0.15, 0.2) is 5.96 Å². The summed E-state index contributed by atoms with van der Waals surface area (Å²) in [7, 11) is 0. The van der Waals surface area contributed by atoms with Crippen LogP contribution in [0.2, 0.25) is 0 Å². The molecule has 3 N–H and O–H groups in total. The number of thiazole rings is 1. The predicted octanol–water partition coefficient (Wildman–Crippen LogP) is 2.86. The molecular weight excluding hydrogens is 421 g/mol. The molecule has 0 unspecified atom stereocenters. The Labute approximate surface area is 162 Å². The Kier molecular flexibility index (Phi) is 11.0. The predicted molar refractivity (Wildman–Crippen MR) is 112 cm³/mol. The molecule has 134 valence electrons. The van der Waals surface area contributed by atoms with Crippen molar-refractivity contribution in [3.05, 3.63) is 15.6 Å². The molecule has 23 heavy (non-hydrogen) atoms. The third-order valence-electron chi connectivity index (χ3n) is 3.09. The number of hydrogen-bond acceptors (Lipinski definition) is 4. The van der Waals surface area contributed by atoms with Gasteiger partial charge in [-0.15, -0.1) is 35.3 Å². The van der Waals surface area contributed by atoms with Crippen molar-refractivity contribution in [2.24, 2.45) is 4.99 Å². The van der Waals surface area contributed by atoms with Gasteiger partial charge in [0.05, 0.1) is 17.2 Å². The molecule has 7 heteroatoms. The van der Waals surface area contributed by atoms with Crippen LogP contribution in [0.25, 0.3) is 0 Å². The van der Waals surface area contributed by atoms with Crippen LogP contribution in [0.15, 0.2) is 4.99 Å². The van der Waals surface area contributed by atoms with E-state index in [-0.39, 0.29) is 29.5 Å². The number of guanidine groups is 1. The summed E-state index contributed by atoms with van der Waals surface area (Å²) in [6.45, 7) is 16.1. The monoisotopic (exact) mass is 453 g/mol. The summed E-state index contributed by atoms with van der Waals surface area (Å²) >= 11 is 1.78. The number of halogens is 1. The molecule has 5 nitrogen and oxygen atoms in total. The van der Waals surface area contributed by atoms with E-state index in [0.29, 0.717) is 0 Å². The third-order valence-corrected chi connectivity index (χ3v) is 4.22. The van der Waals surface area contributed by atoms with Crippen molar-refractivity contribution >= 4 is 41.3 Å². The van der Waals surface area contributed by atoms with Gasteiger partial charge in [-0.2, -0.15) is 0 Å². The lowest BCUT2D eigenvalue weighted by Crippen LogP contribution is -2.40. The van der Waals surface area contributed by atoms with Gasteiger partial charge in [0.1, 0.15) is 0 Å². The molecule has 1 aromatic rings. The molecule has 0 bridgehead atoms. The van der Waals surface area contributed by atoms with Crippen LogP contribution in [0.5, 0.6) is 0 Å². The molecule has 0 spiro atoms. The van der Waals surface area contributed by atoms with Gasteiger partial charge < -0.3 is 16.0 Å². The summed E-state index contributed by atoms with van der Waals surface area (Å²) < 4.78 is 0. The largest absolute Gasteiger partial charge is 0.357 e. The molecule has 0 saturated carbocycles. The highest BCUT2D eigenvalue weighted by molar-refractivity contribution is 14.0. The number of hydrogen-bond donors (Lipinski definition) is 3. The van der Waals surface area contributed by atoms with Gasteiger partial charge in [-0.1, -0.05) is 0 Å². The zero-order valence-electron chi connectivity index (χ0n) is 15.2. The Morgan fingerprint density at radius 3 is 2.39 bits per heavy atom. The zero-order chi connectivity index (χ0) is 16.6. The first-order valence-electron chi connectivity index (χ1n) is 8.02. The summed E-state index contributed by atoms with van der Waals surface area (Å²) in [5, 5.41) is 11.3. The van der Waals surface area contributed by atoms with Crippen molar-refractivity contribution in [2.45, 2.75) is 53.5 Å². The lowest BCUT2D eigenvalue weighted by Gasteiger charge is -2.19. The average Bonchev–Trinajstić information content (AvgIpc) is 2.72. The summed E-state index contributed by atoms with van der Waals surface area (Å²) in [6.07, 6.45) is 0.935. The molecular formula is C16H32IN5S. The van der Waals surface area contributed by atoms with Gasteiger partial charge >= 0.3 is 0 Å². The highest BCUT2D eigenvalue weighted by Gasteiger charge is 2.07. The van der Waals surface area contributed by atoms with Crippen LogP contribution in [0.4, 0.5) is 0 Å². The van der Waals surface area contributed by atoms with Crippen molar-refractivity contribution in [2.75, 3.05) is 26.2 Å². The maximum Gasteiger partial charge on any atom is 0.191 e. The molecule has 0 aliphatic carbocycles. The fourth-order valence-electron chi connectivity index (χ4n) is 1.87. The maximum atomic E-state index is 4.59. The molecule has 0 fully saturated rings. The third kappa shape index (κ3) is 10.1. The molecule has 1 rings (SSSR count). The number of nitrogens with zero attached hydrogens (tertiary/aromatic N) is 2. The van der Waals surface area contributed by atoms with Crippen LogP contribution in [0.3, 0.4) is 0 Å². The Hall–Kier alpha value is -0.410. The van der Waals surface area contributed by atoms with Gasteiger partial charge in [-0.25, -0.2) is 4.98 Å². The highest BCUT2D eigenvalue weighted by Crippen LogP contribution is 2.16. The van der Waals surface area contributed by atoms with Crippen LogP contribution >= 0.6 is 35.3 Å². The lowest BCUT2D eigenvalue weighted by molar-refractivity contribution is 0.432. The molecule has 0 amide bonds. The van der Waals surface area contributed by atoms with Gasteiger partial charge in [-0.3, -0.25) is 4.99 Å². The molecule has 0 radical (unpaired) electrons. The van der Waals surface area contributed by atoms with Gasteiger partial charge in [0.2, 0.25) is 0 Å². The number of nitrogens with one attached hydrogen (secondary N) is 3. The Bertz CT molecular complexity index is 460.